The van der Waals surface area contributed by atoms with E-state index in [9.17, 15) is 22.8 Å². The molecule has 1 aromatic heterocycles. The van der Waals surface area contributed by atoms with Crippen molar-refractivity contribution in [1.82, 2.24) is 10.3 Å². The lowest BCUT2D eigenvalue weighted by molar-refractivity contribution is -0.137. The van der Waals surface area contributed by atoms with Crippen LogP contribution in [0.5, 0.6) is 0 Å². The van der Waals surface area contributed by atoms with E-state index in [1.165, 1.54) is 18.3 Å². The molecule has 0 bridgehead atoms. The van der Waals surface area contributed by atoms with Crippen molar-refractivity contribution in [3.05, 3.63) is 59.3 Å². The van der Waals surface area contributed by atoms with E-state index in [0.29, 0.717) is 5.03 Å². The topological polar surface area (TPSA) is 68.3 Å². The largest absolute Gasteiger partial charge is 0.462 e. The molecule has 0 atom stereocenters. The van der Waals surface area contributed by atoms with Crippen LogP contribution >= 0.6 is 11.8 Å². The highest BCUT2D eigenvalue weighted by Crippen LogP contribution is 2.29. The van der Waals surface area contributed by atoms with Crippen molar-refractivity contribution in [2.75, 3.05) is 18.9 Å². The zero-order chi connectivity index (χ0) is 21.3. The van der Waals surface area contributed by atoms with Gasteiger partial charge in [-0.05, 0) is 37.3 Å². The van der Waals surface area contributed by atoms with Crippen LogP contribution in [0.2, 0.25) is 0 Å². The summed E-state index contributed by atoms with van der Waals surface area (Å²) in [6.07, 6.45) is -2.93. The minimum atomic E-state index is -4.43. The van der Waals surface area contributed by atoms with E-state index in [1.807, 2.05) is 0 Å². The number of nitrogens with one attached hydrogen (secondary N) is 1. The van der Waals surface area contributed by atoms with Gasteiger partial charge in [-0.2, -0.15) is 13.2 Å². The monoisotopic (exact) mass is 422 g/mol. The Labute approximate surface area is 170 Å². The fraction of sp³-hybridized carbons (Fsp3) is 0.250. The molecule has 0 aliphatic heterocycles. The molecule has 29 heavy (non-hydrogen) atoms. The van der Waals surface area contributed by atoms with E-state index in [0.717, 1.165) is 23.9 Å². The third-order valence-electron chi connectivity index (χ3n) is 3.40. The van der Waals surface area contributed by atoms with Crippen LogP contribution in [0.15, 0.2) is 47.6 Å². The molecule has 1 heterocycles. The number of carbonyl (C=O) groups is 2. The van der Waals surface area contributed by atoms with E-state index in [2.05, 4.69) is 22.1 Å². The average molecular weight is 422 g/mol. The molecule has 0 radical (unpaired) electrons. The van der Waals surface area contributed by atoms with Crippen LogP contribution in [0.25, 0.3) is 0 Å². The first-order valence-electron chi connectivity index (χ1n) is 8.49. The van der Waals surface area contributed by atoms with Crippen LogP contribution < -0.4 is 5.32 Å². The Bertz CT molecular complexity index is 936. The van der Waals surface area contributed by atoms with Gasteiger partial charge in [-0.1, -0.05) is 29.7 Å². The zero-order valence-electron chi connectivity index (χ0n) is 15.4. The molecule has 2 rings (SSSR count). The van der Waals surface area contributed by atoms with Crippen molar-refractivity contribution < 1.29 is 27.5 Å². The van der Waals surface area contributed by atoms with Crippen LogP contribution in [0.4, 0.5) is 13.2 Å². The number of amides is 1. The highest BCUT2D eigenvalue weighted by atomic mass is 32.2. The lowest BCUT2D eigenvalue weighted by Gasteiger charge is -2.07. The normalized spacial score (nSPS) is 10.6. The molecule has 0 unspecified atom stereocenters. The first-order valence-corrected chi connectivity index (χ1v) is 9.47. The minimum Gasteiger partial charge on any atom is -0.462 e. The zero-order valence-corrected chi connectivity index (χ0v) is 16.2. The molecule has 1 aromatic carbocycles. The number of halogens is 3. The average Bonchev–Trinajstić information content (AvgIpc) is 2.69. The molecule has 9 heteroatoms. The number of nitrogens with zero attached hydrogens (tertiary/aromatic N) is 1. The molecule has 0 saturated heterocycles. The van der Waals surface area contributed by atoms with Gasteiger partial charge in [0.2, 0.25) is 5.91 Å². The molecule has 0 aliphatic rings. The van der Waals surface area contributed by atoms with Crippen LogP contribution in [0.3, 0.4) is 0 Å². The van der Waals surface area contributed by atoms with Crippen LogP contribution in [0.1, 0.15) is 28.4 Å². The Morgan fingerprint density at radius 3 is 2.76 bits per heavy atom. The van der Waals surface area contributed by atoms with Gasteiger partial charge >= 0.3 is 12.1 Å². The maximum atomic E-state index is 12.7. The number of ether oxygens (including phenoxy) is 1. The molecular weight excluding hydrogens is 405 g/mol. The van der Waals surface area contributed by atoms with E-state index in [-0.39, 0.29) is 35.9 Å². The van der Waals surface area contributed by atoms with Gasteiger partial charge in [-0.25, -0.2) is 9.78 Å². The van der Waals surface area contributed by atoms with Crippen molar-refractivity contribution in [3.8, 4) is 11.8 Å². The standard InChI is InChI=1S/C20H17F3N2O3S/c1-2-28-19(27)16-9-5-11-25-18(16)29-13-17(26)24-10-4-7-14-6-3-8-15(12-14)20(21,22)23/h3,5-6,8-9,11-12H,2,10,13H2,1H3,(H,24,26). The van der Waals surface area contributed by atoms with Crippen molar-refractivity contribution in [2.24, 2.45) is 0 Å². The first kappa shape index (κ1) is 22.3. The van der Waals surface area contributed by atoms with Crippen molar-refractivity contribution >= 4 is 23.6 Å². The van der Waals surface area contributed by atoms with E-state index < -0.39 is 17.7 Å². The van der Waals surface area contributed by atoms with Crippen molar-refractivity contribution in [1.29, 1.82) is 0 Å². The number of esters is 1. The Hall–Kier alpha value is -2.99. The summed E-state index contributed by atoms with van der Waals surface area (Å²) in [6.45, 7) is 1.89. The lowest BCUT2D eigenvalue weighted by Crippen LogP contribution is -2.25. The number of thioether (sulfide) groups is 1. The summed E-state index contributed by atoms with van der Waals surface area (Å²) in [6, 6.07) is 7.80. The van der Waals surface area contributed by atoms with Crippen LogP contribution in [-0.2, 0) is 15.7 Å². The van der Waals surface area contributed by atoms with Gasteiger partial charge in [0.25, 0.3) is 0 Å². The Morgan fingerprint density at radius 2 is 2.03 bits per heavy atom. The minimum absolute atomic E-state index is 0.00530. The number of alkyl halides is 3. The second-order valence-corrected chi connectivity index (χ2v) is 6.49. The highest BCUT2D eigenvalue weighted by Gasteiger charge is 2.30. The fourth-order valence-electron chi connectivity index (χ4n) is 2.12. The number of rotatable bonds is 6. The van der Waals surface area contributed by atoms with Crippen LogP contribution in [-0.4, -0.2) is 35.8 Å². The summed E-state index contributed by atoms with van der Waals surface area (Å²) in [5.74, 6) is 4.31. The number of hydrogen-bond donors (Lipinski definition) is 1. The number of pyridine rings is 1. The predicted octanol–water partition coefficient (Wildman–Crippen LogP) is 3.54. The number of hydrogen-bond acceptors (Lipinski definition) is 5. The maximum Gasteiger partial charge on any atom is 0.416 e. The Kier molecular flexibility index (Phi) is 8.09. The Morgan fingerprint density at radius 1 is 1.24 bits per heavy atom. The molecule has 0 aliphatic carbocycles. The third kappa shape index (κ3) is 7.16. The van der Waals surface area contributed by atoms with Crippen molar-refractivity contribution in [3.63, 3.8) is 0 Å². The second-order valence-electron chi connectivity index (χ2n) is 5.52. The van der Waals surface area contributed by atoms with Crippen molar-refractivity contribution in [2.45, 2.75) is 18.1 Å². The lowest BCUT2D eigenvalue weighted by atomic mass is 10.1. The molecule has 0 fully saturated rings. The number of benzene rings is 1. The van der Waals surface area contributed by atoms with Gasteiger partial charge in [0.1, 0.15) is 5.03 Å². The summed E-state index contributed by atoms with van der Waals surface area (Å²) >= 11 is 1.07. The quantitative estimate of drug-likeness (QED) is 0.438. The SMILES string of the molecule is CCOC(=O)c1cccnc1SCC(=O)NCC#Cc1cccc(C(F)(F)F)c1. The fourth-order valence-corrected chi connectivity index (χ4v) is 2.93. The van der Waals surface area contributed by atoms with Gasteiger partial charge in [0.05, 0.1) is 30.0 Å². The molecule has 1 N–H and O–H groups in total. The highest BCUT2D eigenvalue weighted by molar-refractivity contribution is 8.00. The van der Waals surface area contributed by atoms with E-state index in [4.69, 9.17) is 4.74 Å². The summed E-state index contributed by atoms with van der Waals surface area (Å²) in [7, 11) is 0. The summed E-state index contributed by atoms with van der Waals surface area (Å²) in [5, 5.41) is 2.91. The summed E-state index contributed by atoms with van der Waals surface area (Å²) in [5.41, 5.74) is -0.301. The number of aromatic nitrogens is 1. The van der Waals surface area contributed by atoms with E-state index >= 15 is 0 Å². The van der Waals surface area contributed by atoms with Gasteiger partial charge in [0.15, 0.2) is 0 Å². The molecule has 152 valence electrons. The van der Waals surface area contributed by atoms with Gasteiger partial charge < -0.3 is 10.1 Å². The Balaban J connectivity index is 1.87. The summed E-state index contributed by atoms with van der Waals surface area (Å²) in [4.78, 5) is 27.9. The molecule has 1 amide bonds. The molecule has 5 nitrogen and oxygen atoms in total. The molecule has 0 spiro atoms. The van der Waals surface area contributed by atoms with Gasteiger partial charge in [-0.15, -0.1) is 0 Å². The maximum absolute atomic E-state index is 12.7. The third-order valence-corrected chi connectivity index (χ3v) is 4.41. The smallest absolute Gasteiger partial charge is 0.416 e. The predicted molar refractivity (Wildman–Crippen MR) is 102 cm³/mol. The van der Waals surface area contributed by atoms with Gasteiger partial charge in [0, 0.05) is 11.8 Å². The van der Waals surface area contributed by atoms with E-state index in [1.54, 1.807) is 19.1 Å². The number of carbonyl (C=O) groups excluding carboxylic acids is 2. The first-order chi connectivity index (χ1) is 13.8. The van der Waals surface area contributed by atoms with Crippen LogP contribution in [0, 0.1) is 11.8 Å². The van der Waals surface area contributed by atoms with Gasteiger partial charge in [-0.3, -0.25) is 4.79 Å². The summed E-state index contributed by atoms with van der Waals surface area (Å²) < 4.78 is 42.9. The molecule has 0 saturated carbocycles. The molecule has 2 aromatic rings. The molecular formula is C20H17F3N2O3S. The second kappa shape index (κ2) is 10.5.